The van der Waals surface area contributed by atoms with Crippen LogP contribution in [0.25, 0.3) is 10.6 Å². The molecule has 1 aromatic heterocycles. The molecule has 3 rings (SSSR count). The molecule has 0 aliphatic rings. The number of rotatable bonds is 6. The Morgan fingerprint density at radius 1 is 1.04 bits per heavy atom. The van der Waals surface area contributed by atoms with E-state index in [9.17, 15) is 9.59 Å². The maximum Gasteiger partial charge on any atom is 0.262 e. The zero-order chi connectivity index (χ0) is 20.3. The van der Waals surface area contributed by atoms with Gasteiger partial charge in [-0.25, -0.2) is 4.98 Å². The minimum atomic E-state index is -0.214. The molecule has 6 heteroatoms. The maximum atomic E-state index is 12.1. The molecule has 3 aromatic rings. The molecule has 1 amide bonds. The standard InChI is InChI=1S/C22H22N2O3S/c1-13-5-8-18(11-14(13)2)24-20(26)12-27-19-9-6-17(7-10-19)22-23-15(3)21(28-22)16(4)25/h5-11H,12H2,1-4H3,(H,24,26). The highest BCUT2D eigenvalue weighted by atomic mass is 32.1. The van der Waals surface area contributed by atoms with Crippen LogP contribution in [0.2, 0.25) is 0 Å². The van der Waals surface area contributed by atoms with Crippen LogP contribution in [0.3, 0.4) is 0 Å². The lowest BCUT2D eigenvalue weighted by Crippen LogP contribution is -2.20. The number of hydrogen-bond donors (Lipinski definition) is 1. The smallest absolute Gasteiger partial charge is 0.262 e. The Morgan fingerprint density at radius 3 is 2.36 bits per heavy atom. The van der Waals surface area contributed by atoms with Crippen molar-refractivity contribution in [2.45, 2.75) is 27.7 Å². The quantitative estimate of drug-likeness (QED) is 0.600. The number of benzene rings is 2. The Balaban J connectivity index is 1.59. The summed E-state index contributed by atoms with van der Waals surface area (Å²) >= 11 is 1.38. The first-order chi connectivity index (χ1) is 13.3. The highest BCUT2D eigenvalue weighted by molar-refractivity contribution is 7.17. The van der Waals surface area contributed by atoms with Crippen LogP contribution in [-0.4, -0.2) is 23.3 Å². The minimum absolute atomic E-state index is 0.0241. The molecule has 0 aliphatic heterocycles. The molecule has 0 aliphatic carbocycles. The predicted octanol–water partition coefficient (Wildman–Crippen LogP) is 4.96. The van der Waals surface area contributed by atoms with Crippen LogP contribution in [0.4, 0.5) is 5.69 Å². The Kier molecular flexibility index (Phi) is 5.90. The van der Waals surface area contributed by atoms with Crippen molar-refractivity contribution in [1.82, 2.24) is 4.98 Å². The van der Waals surface area contributed by atoms with Crippen molar-refractivity contribution < 1.29 is 14.3 Å². The molecule has 0 radical (unpaired) electrons. The van der Waals surface area contributed by atoms with Gasteiger partial charge in [0, 0.05) is 18.2 Å². The van der Waals surface area contributed by atoms with E-state index in [0.29, 0.717) is 10.6 Å². The Bertz CT molecular complexity index is 1020. The fourth-order valence-electron chi connectivity index (χ4n) is 2.71. The van der Waals surface area contributed by atoms with Crippen molar-refractivity contribution in [3.8, 4) is 16.3 Å². The molecule has 1 heterocycles. The van der Waals surface area contributed by atoms with Gasteiger partial charge in [0.25, 0.3) is 5.91 Å². The van der Waals surface area contributed by atoms with Crippen LogP contribution in [0.15, 0.2) is 42.5 Å². The first kappa shape index (κ1) is 19.8. The SMILES string of the molecule is CC(=O)c1sc(-c2ccc(OCC(=O)Nc3ccc(C)c(C)c3)cc2)nc1C. The third-order valence-electron chi connectivity index (χ3n) is 4.38. The highest BCUT2D eigenvalue weighted by Crippen LogP contribution is 2.29. The fourth-order valence-corrected chi connectivity index (χ4v) is 3.67. The molecule has 0 unspecified atom stereocenters. The van der Waals surface area contributed by atoms with Crippen molar-refractivity contribution in [1.29, 1.82) is 0 Å². The molecule has 0 fully saturated rings. The van der Waals surface area contributed by atoms with Gasteiger partial charge in [0.2, 0.25) is 0 Å². The Labute approximate surface area is 168 Å². The monoisotopic (exact) mass is 394 g/mol. The van der Waals surface area contributed by atoms with E-state index in [1.165, 1.54) is 16.9 Å². The molecule has 0 spiro atoms. The lowest BCUT2D eigenvalue weighted by Gasteiger charge is -2.09. The van der Waals surface area contributed by atoms with Gasteiger partial charge in [0.15, 0.2) is 12.4 Å². The number of ether oxygens (including phenoxy) is 1. The van der Waals surface area contributed by atoms with E-state index >= 15 is 0 Å². The number of amides is 1. The number of thiazole rings is 1. The normalized spacial score (nSPS) is 10.6. The number of ketones is 1. The number of carbonyl (C=O) groups is 2. The van der Waals surface area contributed by atoms with E-state index in [1.54, 1.807) is 19.1 Å². The number of anilines is 1. The molecular formula is C22H22N2O3S. The van der Waals surface area contributed by atoms with E-state index in [-0.39, 0.29) is 18.3 Å². The molecular weight excluding hydrogens is 372 g/mol. The number of aryl methyl sites for hydroxylation is 3. The van der Waals surface area contributed by atoms with Crippen LogP contribution in [-0.2, 0) is 4.79 Å². The third kappa shape index (κ3) is 4.64. The molecule has 1 N–H and O–H groups in total. The van der Waals surface area contributed by atoms with Gasteiger partial charge < -0.3 is 10.1 Å². The second-order valence-electron chi connectivity index (χ2n) is 6.65. The van der Waals surface area contributed by atoms with Crippen LogP contribution in [0.5, 0.6) is 5.75 Å². The summed E-state index contributed by atoms with van der Waals surface area (Å²) in [4.78, 5) is 28.8. The van der Waals surface area contributed by atoms with Crippen LogP contribution < -0.4 is 10.1 Å². The largest absolute Gasteiger partial charge is 0.484 e. The van der Waals surface area contributed by atoms with Gasteiger partial charge >= 0.3 is 0 Å². The van der Waals surface area contributed by atoms with Gasteiger partial charge in [-0.2, -0.15) is 0 Å². The van der Waals surface area contributed by atoms with E-state index in [2.05, 4.69) is 10.3 Å². The molecule has 0 saturated carbocycles. The molecule has 28 heavy (non-hydrogen) atoms. The second kappa shape index (κ2) is 8.35. The first-order valence-corrected chi connectivity index (χ1v) is 9.74. The molecule has 0 atom stereocenters. The van der Waals surface area contributed by atoms with Crippen molar-refractivity contribution >= 4 is 28.7 Å². The molecule has 0 saturated heterocycles. The number of hydrogen-bond acceptors (Lipinski definition) is 5. The minimum Gasteiger partial charge on any atom is -0.484 e. The van der Waals surface area contributed by atoms with Gasteiger partial charge in [-0.05, 0) is 68.3 Å². The average Bonchev–Trinajstić information content (AvgIpc) is 3.05. The zero-order valence-electron chi connectivity index (χ0n) is 16.3. The van der Waals surface area contributed by atoms with Crippen molar-refractivity contribution in [3.05, 3.63) is 64.2 Å². The summed E-state index contributed by atoms with van der Waals surface area (Å²) in [5, 5.41) is 3.63. The lowest BCUT2D eigenvalue weighted by atomic mass is 10.1. The van der Waals surface area contributed by atoms with Gasteiger partial charge in [-0.1, -0.05) is 6.07 Å². The molecule has 5 nitrogen and oxygen atoms in total. The summed E-state index contributed by atoms with van der Waals surface area (Å²) in [5.74, 6) is 0.407. The van der Waals surface area contributed by atoms with Gasteiger partial charge in [-0.15, -0.1) is 11.3 Å². The third-order valence-corrected chi connectivity index (χ3v) is 5.69. The number of Topliss-reactive ketones (excluding diaryl/α,β-unsaturated/α-hetero) is 1. The van der Waals surface area contributed by atoms with Gasteiger partial charge in [0.05, 0.1) is 10.6 Å². The summed E-state index contributed by atoms with van der Waals surface area (Å²) in [6, 6.07) is 13.1. The van der Waals surface area contributed by atoms with Crippen LogP contribution in [0, 0.1) is 20.8 Å². The van der Waals surface area contributed by atoms with E-state index in [1.807, 2.05) is 51.1 Å². The average molecular weight is 394 g/mol. The Morgan fingerprint density at radius 2 is 1.75 bits per heavy atom. The van der Waals surface area contributed by atoms with Crippen LogP contribution >= 0.6 is 11.3 Å². The number of carbonyl (C=O) groups excluding carboxylic acids is 2. The van der Waals surface area contributed by atoms with Gasteiger partial charge in [-0.3, -0.25) is 9.59 Å². The van der Waals surface area contributed by atoms with Crippen LogP contribution in [0.1, 0.15) is 33.4 Å². The maximum absolute atomic E-state index is 12.1. The lowest BCUT2D eigenvalue weighted by molar-refractivity contribution is -0.118. The van der Waals surface area contributed by atoms with Crippen molar-refractivity contribution in [2.24, 2.45) is 0 Å². The number of nitrogens with zero attached hydrogens (tertiary/aromatic N) is 1. The topological polar surface area (TPSA) is 68.3 Å². The fraction of sp³-hybridized carbons (Fsp3) is 0.227. The van der Waals surface area contributed by atoms with E-state index < -0.39 is 0 Å². The summed E-state index contributed by atoms with van der Waals surface area (Å²) in [6.07, 6.45) is 0. The summed E-state index contributed by atoms with van der Waals surface area (Å²) in [5.41, 5.74) is 4.72. The predicted molar refractivity (Wildman–Crippen MR) is 112 cm³/mol. The van der Waals surface area contributed by atoms with Crippen molar-refractivity contribution in [3.63, 3.8) is 0 Å². The van der Waals surface area contributed by atoms with Crippen molar-refractivity contribution in [2.75, 3.05) is 11.9 Å². The second-order valence-corrected chi connectivity index (χ2v) is 7.65. The summed E-state index contributed by atoms with van der Waals surface area (Å²) in [7, 11) is 0. The van der Waals surface area contributed by atoms with E-state index in [4.69, 9.17) is 4.74 Å². The Hall–Kier alpha value is -2.99. The number of aromatic nitrogens is 1. The van der Waals surface area contributed by atoms with Gasteiger partial charge in [0.1, 0.15) is 10.8 Å². The van der Waals surface area contributed by atoms with E-state index in [0.717, 1.165) is 27.5 Å². The highest BCUT2D eigenvalue weighted by Gasteiger charge is 2.13. The first-order valence-electron chi connectivity index (χ1n) is 8.92. The molecule has 2 aromatic carbocycles. The summed E-state index contributed by atoms with van der Waals surface area (Å²) in [6.45, 7) is 7.34. The zero-order valence-corrected chi connectivity index (χ0v) is 17.1. The number of nitrogens with one attached hydrogen (secondary N) is 1. The molecule has 144 valence electrons. The summed E-state index contributed by atoms with van der Waals surface area (Å²) < 4.78 is 5.57. The molecule has 0 bridgehead atoms.